The van der Waals surface area contributed by atoms with Crippen LogP contribution in [0, 0.1) is 11.3 Å². The predicted octanol–water partition coefficient (Wildman–Crippen LogP) is 5.90. The predicted molar refractivity (Wildman–Crippen MR) is 168 cm³/mol. The summed E-state index contributed by atoms with van der Waals surface area (Å²) in [5.41, 5.74) is 1.66. The van der Waals surface area contributed by atoms with E-state index in [1.54, 1.807) is 20.4 Å². The summed E-state index contributed by atoms with van der Waals surface area (Å²) in [5.74, 6) is 3.01. The summed E-state index contributed by atoms with van der Waals surface area (Å²) >= 11 is 0. The van der Waals surface area contributed by atoms with Gasteiger partial charge in [-0.2, -0.15) is 5.26 Å². The zero-order valence-corrected chi connectivity index (χ0v) is 25.5. The summed E-state index contributed by atoms with van der Waals surface area (Å²) < 4.78 is 28.8. The first kappa shape index (κ1) is 30.9. The molecule has 0 bridgehead atoms. The van der Waals surface area contributed by atoms with Crippen molar-refractivity contribution >= 4 is 22.3 Å². The zero-order valence-electron chi connectivity index (χ0n) is 25.5. The van der Waals surface area contributed by atoms with Crippen molar-refractivity contribution in [2.75, 3.05) is 52.9 Å². The van der Waals surface area contributed by atoms with Crippen LogP contribution in [0.2, 0.25) is 0 Å². The number of benzene rings is 3. The van der Waals surface area contributed by atoms with Crippen molar-refractivity contribution in [3.05, 3.63) is 72.4 Å². The van der Waals surface area contributed by atoms with Crippen LogP contribution in [0.25, 0.3) is 10.9 Å². The highest BCUT2D eigenvalue weighted by atomic mass is 16.5. The number of rotatable bonds is 12. The number of nitrogens with zero attached hydrogens (tertiary/aromatic N) is 3. The van der Waals surface area contributed by atoms with E-state index in [1.807, 2.05) is 74.6 Å². The van der Waals surface area contributed by atoms with Crippen LogP contribution in [0.15, 0.2) is 66.9 Å². The minimum Gasteiger partial charge on any atom is -0.493 e. The molecule has 0 unspecified atom stereocenters. The average molecular weight is 599 g/mol. The summed E-state index contributed by atoms with van der Waals surface area (Å²) in [7, 11) is 5.19. The van der Waals surface area contributed by atoms with Crippen molar-refractivity contribution in [3.8, 4) is 34.8 Å². The number of nitrogens with one attached hydrogen (secondary N) is 1. The van der Waals surface area contributed by atoms with Gasteiger partial charge in [-0.1, -0.05) is 12.1 Å². The number of hydrogen-bond acceptors (Lipinski definition) is 10. The summed E-state index contributed by atoms with van der Waals surface area (Å²) in [5, 5.41) is 24.7. The van der Waals surface area contributed by atoms with Gasteiger partial charge in [-0.05, 0) is 62.9 Å². The van der Waals surface area contributed by atoms with Gasteiger partial charge in [-0.3, -0.25) is 9.88 Å². The van der Waals surface area contributed by atoms with Gasteiger partial charge in [0.25, 0.3) is 0 Å². The zero-order chi connectivity index (χ0) is 31.1. The Morgan fingerprint density at radius 3 is 2.52 bits per heavy atom. The number of ether oxygens (including phenoxy) is 5. The highest BCUT2D eigenvalue weighted by molar-refractivity contribution is 5.97. The number of fused-ring (bicyclic) bond motifs is 1. The lowest BCUT2D eigenvalue weighted by Gasteiger charge is -2.42. The molecule has 1 aliphatic heterocycles. The van der Waals surface area contributed by atoms with Crippen LogP contribution in [0.3, 0.4) is 0 Å². The molecule has 0 saturated carbocycles. The van der Waals surface area contributed by atoms with Crippen LogP contribution in [0.4, 0.5) is 11.4 Å². The summed E-state index contributed by atoms with van der Waals surface area (Å²) in [4.78, 5) is 6.65. The summed E-state index contributed by atoms with van der Waals surface area (Å²) in [6, 6.07) is 20.7. The van der Waals surface area contributed by atoms with Crippen LogP contribution < -0.4 is 24.3 Å². The van der Waals surface area contributed by atoms with Crippen LogP contribution in [-0.4, -0.2) is 74.3 Å². The van der Waals surface area contributed by atoms with Gasteiger partial charge in [-0.25, -0.2) is 0 Å². The maximum absolute atomic E-state index is 10.7. The maximum atomic E-state index is 10.7. The van der Waals surface area contributed by atoms with E-state index in [1.165, 1.54) is 0 Å². The molecular formula is C34H38N4O6. The minimum atomic E-state index is -0.777. The first-order valence-electron chi connectivity index (χ1n) is 14.5. The van der Waals surface area contributed by atoms with Crippen molar-refractivity contribution in [2.24, 2.45) is 0 Å². The molecule has 0 aliphatic carbocycles. The second kappa shape index (κ2) is 13.8. The third kappa shape index (κ3) is 6.97. The van der Waals surface area contributed by atoms with Gasteiger partial charge in [0.05, 0.1) is 55.8 Å². The largest absolute Gasteiger partial charge is 0.493 e. The van der Waals surface area contributed by atoms with Crippen molar-refractivity contribution < 1.29 is 28.8 Å². The molecule has 3 aromatic carbocycles. The number of para-hydroxylation sites is 2. The standard InChI is InChI=1S/C34H38N4O6/c1-34(39)14-17-42-22-32(34)38(2)15-7-16-43-31-19-27-26(18-30(31)41-4)33(23(20-35)21-36-27)37-24-10-12-25(13-11-24)44-29-9-6-5-8-28(29)40-3/h5-6,8-13,18-19,21,32,39H,7,14-17,22H2,1-4H3,(H,36,37)/t32-,34-/m1/s1. The Bertz CT molecular complexity index is 1620. The molecule has 0 radical (unpaired) electrons. The van der Waals surface area contributed by atoms with E-state index < -0.39 is 5.60 Å². The van der Waals surface area contributed by atoms with E-state index in [9.17, 15) is 10.4 Å². The average Bonchev–Trinajstić information content (AvgIpc) is 3.03. The summed E-state index contributed by atoms with van der Waals surface area (Å²) in [6.07, 6.45) is 2.91. The van der Waals surface area contributed by atoms with Gasteiger partial charge in [-0.15, -0.1) is 0 Å². The lowest BCUT2D eigenvalue weighted by atomic mass is 9.90. The molecule has 10 nitrogen and oxygen atoms in total. The van der Waals surface area contributed by atoms with Gasteiger partial charge < -0.3 is 34.1 Å². The molecule has 2 atom stereocenters. The first-order chi connectivity index (χ1) is 21.3. The quantitative estimate of drug-likeness (QED) is 0.191. The molecule has 0 spiro atoms. The molecule has 1 aliphatic rings. The smallest absolute Gasteiger partial charge is 0.169 e. The first-order valence-corrected chi connectivity index (χ1v) is 14.5. The third-order valence-corrected chi connectivity index (χ3v) is 7.89. The molecule has 4 aromatic rings. The van der Waals surface area contributed by atoms with Crippen molar-refractivity contribution in [3.63, 3.8) is 0 Å². The molecule has 2 N–H and O–H groups in total. The Hall–Kier alpha value is -4.56. The Kier molecular flexibility index (Phi) is 9.70. The van der Waals surface area contributed by atoms with Crippen molar-refractivity contribution in [1.29, 1.82) is 5.26 Å². The minimum absolute atomic E-state index is 0.0630. The Balaban J connectivity index is 1.29. The fraction of sp³-hybridized carbons (Fsp3) is 0.353. The highest BCUT2D eigenvalue weighted by Gasteiger charge is 2.37. The molecule has 44 heavy (non-hydrogen) atoms. The third-order valence-electron chi connectivity index (χ3n) is 7.89. The number of nitriles is 1. The topological polar surface area (TPSA) is 118 Å². The number of pyridine rings is 1. The molecule has 5 rings (SSSR count). The van der Waals surface area contributed by atoms with Crippen molar-refractivity contribution in [1.82, 2.24) is 9.88 Å². The molecule has 10 heteroatoms. The number of aliphatic hydroxyl groups is 1. The lowest BCUT2D eigenvalue weighted by Crippen LogP contribution is -2.55. The number of likely N-dealkylation sites (N-methyl/N-ethyl adjacent to an activating group) is 1. The van der Waals surface area contributed by atoms with Crippen LogP contribution in [-0.2, 0) is 4.74 Å². The van der Waals surface area contributed by atoms with Crippen LogP contribution >= 0.6 is 0 Å². The van der Waals surface area contributed by atoms with Gasteiger partial charge >= 0.3 is 0 Å². The molecule has 230 valence electrons. The van der Waals surface area contributed by atoms with Gasteiger partial charge in [0.1, 0.15) is 11.8 Å². The second-order valence-corrected chi connectivity index (χ2v) is 11.0. The Morgan fingerprint density at radius 1 is 1.07 bits per heavy atom. The molecule has 2 heterocycles. The lowest BCUT2D eigenvalue weighted by molar-refractivity contribution is -0.114. The van der Waals surface area contributed by atoms with Gasteiger partial charge in [0.2, 0.25) is 0 Å². The van der Waals surface area contributed by atoms with E-state index in [4.69, 9.17) is 23.7 Å². The Labute approximate surface area is 257 Å². The van der Waals surface area contributed by atoms with E-state index in [0.29, 0.717) is 71.8 Å². The number of aromatic nitrogens is 1. The van der Waals surface area contributed by atoms with E-state index in [-0.39, 0.29) is 6.04 Å². The van der Waals surface area contributed by atoms with Gasteiger partial charge in [0, 0.05) is 42.9 Å². The van der Waals surface area contributed by atoms with Crippen molar-refractivity contribution in [2.45, 2.75) is 31.4 Å². The SMILES string of the molecule is COc1cc2c(Nc3ccc(Oc4ccccc4OC)cc3)c(C#N)cnc2cc1OCCCN(C)[C@@H]1COCC[C@@]1(C)O. The number of hydrogen-bond donors (Lipinski definition) is 2. The molecule has 1 saturated heterocycles. The monoisotopic (exact) mass is 598 g/mol. The summed E-state index contributed by atoms with van der Waals surface area (Å²) in [6.45, 7) is 4.15. The van der Waals surface area contributed by atoms with E-state index >= 15 is 0 Å². The number of methoxy groups -OCH3 is 2. The van der Waals surface area contributed by atoms with Crippen LogP contribution in [0.5, 0.6) is 28.7 Å². The maximum Gasteiger partial charge on any atom is 0.169 e. The Morgan fingerprint density at radius 2 is 1.82 bits per heavy atom. The second-order valence-electron chi connectivity index (χ2n) is 11.0. The molecule has 0 amide bonds. The number of anilines is 2. The van der Waals surface area contributed by atoms with E-state index in [0.717, 1.165) is 24.0 Å². The fourth-order valence-electron chi connectivity index (χ4n) is 5.35. The van der Waals surface area contributed by atoms with Crippen LogP contribution in [0.1, 0.15) is 25.3 Å². The molecule has 1 aromatic heterocycles. The van der Waals surface area contributed by atoms with E-state index in [2.05, 4.69) is 21.3 Å². The van der Waals surface area contributed by atoms with Gasteiger partial charge in [0.15, 0.2) is 23.0 Å². The highest BCUT2D eigenvalue weighted by Crippen LogP contribution is 2.38. The normalized spacial score (nSPS) is 18.1. The fourth-order valence-corrected chi connectivity index (χ4v) is 5.35. The molecule has 1 fully saturated rings. The molecular weight excluding hydrogens is 560 g/mol.